The smallest absolute Gasteiger partial charge is 0.309 e. The number of carbonyl (C=O) groups excluding carboxylic acids is 2. The Hall–Kier alpha value is -2.28. The minimum atomic E-state index is -0.332. The van der Waals surface area contributed by atoms with Crippen molar-refractivity contribution in [1.29, 1.82) is 0 Å². The van der Waals surface area contributed by atoms with Crippen LogP contribution < -0.4 is 10.2 Å². The highest BCUT2D eigenvalue weighted by atomic mass is 35.5. The second-order valence-electron chi connectivity index (χ2n) is 9.38. The van der Waals surface area contributed by atoms with Crippen molar-refractivity contribution in [3.8, 4) is 10.6 Å². The number of methoxy groups -OCH3 is 1. The van der Waals surface area contributed by atoms with Gasteiger partial charge in [0.25, 0.3) is 5.91 Å². The zero-order chi connectivity index (χ0) is 27.5. The van der Waals surface area contributed by atoms with Crippen molar-refractivity contribution in [2.24, 2.45) is 5.92 Å². The van der Waals surface area contributed by atoms with Crippen LogP contribution in [0.3, 0.4) is 0 Å². The Morgan fingerprint density at radius 1 is 1.21 bits per heavy atom. The standard InChI is InChI=1S/C26H29Cl2N5O4S2/c1-3-37-25(35)15-4-6-33(7-5-15)23-18(27)10-16(11-29-23)24(34)31-26-30-21-20(39-26)13-32(8-9-36-2)12-17-19(28)14-38-22(17)21/h10-11,14-15H,3-9,12-13H2,1-2H3,(H,30,31,34). The molecule has 1 amide bonds. The van der Waals surface area contributed by atoms with Gasteiger partial charge in [-0.15, -0.1) is 11.3 Å². The Labute approximate surface area is 245 Å². The van der Waals surface area contributed by atoms with E-state index in [4.69, 9.17) is 37.7 Å². The summed E-state index contributed by atoms with van der Waals surface area (Å²) in [5, 5.41) is 6.48. The van der Waals surface area contributed by atoms with E-state index < -0.39 is 0 Å². The second-order valence-corrected chi connectivity index (χ2v) is 12.2. The quantitative estimate of drug-likeness (QED) is 0.331. The summed E-state index contributed by atoms with van der Waals surface area (Å²) < 4.78 is 10.4. The molecule has 5 rings (SSSR count). The van der Waals surface area contributed by atoms with Crippen molar-refractivity contribution in [3.05, 3.63) is 43.7 Å². The fraction of sp³-hybridized carbons (Fsp3) is 0.462. The summed E-state index contributed by atoms with van der Waals surface area (Å²) in [5.74, 6) is 0.0203. The van der Waals surface area contributed by atoms with E-state index in [1.165, 1.54) is 17.5 Å². The van der Waals surface area contributed by atoms with Crippen LogP contribution in [-0.4, -0.2) is 66.7 Å². The molecule has 1 saturated heterocycles. The molecule has 5 heterocycles. The SMILES string of the molecule is CCOC(=O)C1CCN(c2ncc(C(=O)Nc3nc4c(s3)CN(CCOC)Cc3c(Cl)csc3-4)cc2Cl)CC1. The number of halogens is 2. The van der Waals surface area contributed by atoms with Gasteiger partial charge in [0.05, 0.1) is 45.3 Å². The van der Waals surface area contributed by atoms with Gasteiger partial charge in [-0.25, -0.2) is 9.97 Å². The molecule has 0 spiro atoms. The first-order chi connectivity index (χ1) is 18.9. The van der Waals surface area contributed by atoms with Crippen molar-refractivity contribution in [1.82, 2.24) is 14.9 Å². The molecule has 2 aliphatic rings. The van der Waals surface area contributed by atoms with Crippen LogP contribution in [0.15, 0.2) is 17.6 Å². The molecule has 1 N–H and O–H groups in total. The number of carbonyl (C=O) groups is 2. The van der Waals surface area contributed by atoms with Crippen LogP contribution in [0.1, 0.15) is 40.6 Å². The molecule has 0 aromatic carbocycles. The highest BCUT2D eigenvalue weighted by Crippen LogP contribution is 2.43. The van der Waals surface area contributed by atoms with E-state index in [0.717, 1.165) is 39.1 Å². The monoisotopic (exact) mass is 609 g/mol. The van der Waals surface area contributed by atoms with Crippen LogP contribution in [0.4, 0.5) is 10.9 Å². The van der Waals surface area contributed by atoms with E-state index in [1.54, 1.807) is 24.5 Å². The molecule has 0 saturated carbocycles. The average molecular weight is 611 g/mol. The maximum atomic E-state index is 13.1. The molecule has 3 aromatic rings. The van der Waals surface area contributed by atoms with Crippen LogP contribution >= 0.6 is 45.9 Å². The van der Waals surface area contributed by atoms with Gasteiger partial charge in [-0.3, -0.25) is 19.8 Å². The maximum Gasteiger partial charge on any atom is 0.309 e. The van der Waals surface area contributed by atoms with E-state index in [0.29, 0.717) is 67.2 Å². The number of fused-ring (bicyclic) bond motifs is 3. The van der Waals surface area contributed by atoms with Crippen LogP contribution in [0, 0.1) is 5.92 Å². The van der Waals surface area contributed by atoms with E-state index >= 15 is 0 Å². The van der Waals surface area contributed by atoms with Gasteiger partial charge in [-0.2, -0.15) is 0 Å². The largest absolute Gasteiger partial charge is 0.466 e. The minimum Gasteiger partial charge on any atom is -0.466 e. The number of ether oxygens (including phenoxy) is 2. The van der Waals surface area contributed by atoms with Gasteiger partial charge in [-0.1, -0.05) is 34.5 Å². The Balaban J connectivity index is 1.28. The Bertz CT molecular complexity index is 1360. The lowest BCUT2D eigenvalue weighted by atomic mass is 9.97. The third-order valence-corrected chi connectivity index (χ3v) is 9.56. The normalized spacial score (nSPS) is 15.9. The number of nitrogens with zero attached hydrogens (tertiary/aromatic N) is 4. The van der Waals surface area contributed by atoms with Crippen molar-refractivity contribution in [3.63, 3.8) is 0 Å². The number of amides is 1. The number of thiophene rings is 1. The van der Waals surface area contributed by atoms with Gasteiger partial charge < -0.3 is 14.4 Å². The number of hydrogen-bond donors (Lipinski definition) is 1. The van der Waals surface area contributed by atoms with Crippen molar-refractivity contribution in [2.75, 3.05) is 50.2 Å². The Morgan fingerprint density at radius 2 is 2.00 bits per heavy atom. The molecule has 0 unspecified atom stereocenters. The fourth-order valence-corrected chi connectivity index (χ4v) is 7.46. The molecule has 13 heteroatoms. The number of thiazole rings is 1. The van der Waals surface area contributed by atoms with E-state index in [2.05, 4.69) is 15.2 Å². The summed E-state index contributed by atoms with van der Waals surface area (Å²) in [6, 6.07) is 1.62. The summed E-state index contributed by atoms with van der Waals surface area (Å²) in [4.78, 5) is 40.8. The third kappa shape index (κ3) is 6.23. The molecule has 0 bridgehead atoms. The summed E-state index contributed by atoms with van der Waals surface area (Å²) in [7, 11) is 1.69. The molecule has 0 radical (unpaired) electrons. The minimum absolute atomic E-state index is 0.105. The lowest BCUT2D eigenvalue weighted by Crippen LogP contribution is -2.37. The van der Waals surface area contributed by atoms with Gasteiger partial charge in [-0.05, 0) is 25.8 Å². The first-order valence-corrected chi connectivity index (χ1v) is 15.2. The van der Waals surface area contributed by atoms with Gasteiger partial charge in [0.2, 0.25) is 0 Å². The number of nitrogens with one attached hydrogen (secondary N) is 1. The second kappa shape index (κ2) is 12.5. The topological polar surface area (TPSA) is 96.9 Å². The van der Waals surface area contributed by atoms with E-state index in [9.17, 15) is 9.59 Å². The molecular weight excluding hydrogens is 581 g/mol. The highest BCUT2D eigenvalue weighted by Gasteiger charge is 2.29. The van der Waals surface area contributed by atoms with Crippen LogP contribution in [-0.2, 0) is 27.4 Å². The molecule has 39 heavy (non-hydrogen) atoms. The first-order valence-electron chi connectivity index (χ1n) is 12.7. The Kier molecular flexibility index (Phi) is 9.05. The number of aromatic nitrogens is 2. The lowest BCUT2D eigenvalue weighted by Gasteiger charge is -2.32. The number of anilines is 2. The fourth-order valence-electron chi connectivity index (χ4n) is 4.80. The molecule has 0 atom stereocenters. The van der Waals surface area contributed by atoms with E-state index in [1.807, 2.05) is 17.2 Å². The van der Waals surface area contributed by atoms with Crippen molar-refractivity contribution in [2.45, 2.75) is 32.9 Å². The zero-order valence-electron chi connectivity index (χ0n) is 21.7. The van der Waals surface area contributed by atoms with Gasteiger partial charge in [0.1, 0.15) is 5.82 Å². The molecule has 2 aliphatic heterocycles. The first kappa shape index (κ1) is 28.3. The summed E-state index contributed by atoms with van der Waals surface area (Å²) in [5.41, 5.74) is 2.26. The van der Waals surface area contributed by atoms with Crippen LogP contribution in [0.5, 0.6) is 0 Å². The molecule has 9 nitrogen and oxygen atoms in total. The van der Waals surface area contributed by atoms with Crippen molar-refractivity contribution < 1.29 is 19.1 Å². The Morgan fingerprint density at radius 3 is 2.72 bits per heavy atom. The molecule has 208 valence electrons. The maximum absolute atomic E-state index is 13.1. The predicted octanol–water partition coefficient (Wildman–Crippen LogP) is 5.57. The van der Waals surface area contributed by atoms with Crippen LogP contribution in [0.25, 0.3) is 10.6 Å². The number of esters is 1. The molecule has 0 aliphatic carbocycles. The molecule has 1 fully saturated rings. The number of pyridine rings is 1. The van der Waals surface area contributed by atoms with Crippen molar-refractivity contribution >= 4 is 68.7 Å². The zero-order valence-corrected chi connectivity index (χ0v) is 24.8. The van der Waals surface area contributed by atoms with Crippen LogP contribution in [0.2, 0.25) is 10.0 Å². The summed E-state index contributed by atoms with van der Waals surface area (Å²) in [6.07, 6.45) is 2.87. The van der Waals surface area contributed by atoms with E-state index in [-0.39, 0.29) is 17.8 Å². The predicted molar refractivity (Wildman–Crippen MR) is 155 cm³/mol. The molecule has 3 aromatic heterocycles. The third-order valence-electron chi connectivity index (χ3n) is 6.83. The van der Waals surface area contributed by atoms with Gasteiger partial charge in [0, 0.05) is 61.9 Å². The number of hydrogen-bond acceptors (Lipinski definition) is 10. The van der Waals surface area contributed by atoms with Gasteiger partial charge >= 0.3 is 5.97 Å². The number of piperidine rings is 1. The average Bonchev–Trinajstić information content (AvgIpc) is 3.45. The summed E-state index contributed by atoms with van der Waals surface area (Å²) >= 11 is 16.1. The number of rotatable bonds is 8. The highest BCUT2D eigenvalue weighted by molar-refractivity contribution is 7.17. The molecular formula is C26H29Cl2N5O4S2. The lowest BCUT2D eigenvalue weighted by molar-refractivity contribution is -0.148. The van der Waals surface area contributed by atoms with Gasteiger partial charge in [0.15, 0.2) is 5.13 Å². The summed E-state index contributed by atoms with van der Waals surface area (Å²) in [6.45, 7) is 6.27.